The van der Waals surface area contributed by atoms with Crippen LogP contribution in [-0.2, 0) is 15.6 Å². The molecule has 1 N–H and O–H groups in total. The van der Waals surface area contributed by atoms with Crippen LogP contribution in [0.25, 0.3) is 0 Å². The molecular formula is C14H11F3N2O3S2. The summed E-state index contributed by atoms with van der Waals surface area (Å²) in [6.07, 6.45) is 1.35. The SMILES string of the molecule is N#CC(C(=O)N(S)c1ccc(S(=O)C(F)(F)F)cc1)=C(O)C1CC1. The molecule has 1 saturated carbocycles. The van der Waals surface area contributed by atoms with Gasteiger partial charge in [-0.1, -0.05) is 12.8 Å². The summed E-state index contributed by atoms with van der Waals surface area (Å²) in [7, 11) is -3.18. The van der Waals surface area contributed by atoms with Gasteiger partial charge in [0.05, 0.1) is 5.69 Å². The zero-order valence-electron chi connectivity index (χ0n) is 11.9. The molecule has 2 rings (SSSR count). The molecule has 24 heavy (non-hydrogen) atoms. The molecule has 1 aliphatic rings. The maximum absolute atomic E-state index is 12.4. The lowest BCUT2D eigenvalue weighted by Crippen LogP contribution is -2.24. The summed E-state index contributed by atoms with van der Waals surface area (Å²) in [5.74, 6) is -1.42. The average molecular weight is 376 g/mol. The van der Waals surface area contributed by atoms with Crippen molar-refractivity contribution in [3.05, 3.63) is 35.6 Å². The monoisotopic (exact) mass is 376 g/mol. The summed E-state index contributed by atoms with van der Waals surface area (Å²) in [4.78, 5) is 11.7. The van der Waals surface area contributed by atoms with Gasteiger partial charge >= 0.3 is 5.51 Å². The van der Waals surface area contributed by atoms with Crippen LogP contribution in [0.15, 0.2) is 40.5 Å². The third-order valence-corrected chi connectivity index (χ3v) is 4.78. The topological polar surface area (TPSA) is 81.4 Å². The van der Waals surface area contributed by atoms with Gasteiger partial charge in [0.2, 0.25) is 0 Å². The molecule has 1 atom stereocenters. The number of nitriles is 1. The highest BCUT2D eigenvalue weighted by Gasteiger charge is 2.38. The van der Waals surface area contributed by atoms with Crippen molar-refractivity contribution in [1.29, 1.82) is 5.26 Å². The normalized spacial score (nSPS) is 16.8. The Morgan fingerprint density at radius 2 is 1.88 bits per heavy atom. The molecule has 1 aliphatic carbocycles. The van der Waals surface area contributed by atoms with E-state index in [2.05, 4.69) is 12.8 Å². The van der Waals surface area contributed by atoms with Crippen molar-refractivity contribution in [1.82, 2.24) is 0 Å². The molecule has 1 aromatic carbocycles. The fraction of sp³-hybridized carbons (Fsp3) is 0.286. The number of allylic oxidation sites excluding steroid dienone is 1. The van der Waals surface area contributed by atoms with Gasteiger partial charge in [-0.05, 0) is 37.1 Å². The van der Waals surface area contributed by atoms with Crippen molar-refractivity contribution in [3.63, 3.8) is 0 Å². The summed E-state index contributed by atoms with van der Waals surface area (Å²) in [5.41, 5.74) is -5.27. The number of anilines is 1. The maximum Gasteiger partial charge on any atom is 0.475 e. The number of benzene rings is 1. The number of alkyl halides is 3. The van der Waals surface area contributed by atoms with Crippen LogP contribution in [0.3, 0.4) is 0 Å². The molecule has 0 aromatic heterocycles. The van der Waals surface area contributed by atoms with Gasteiger partial charge in [-0.25, -0.2) is 4.21 Å². The highest BCUT2D eigenvalue weighted by Crippen LogP contribution is 2.37. The van der Waals surface area contributed by atoms with Gasteiger partial charge in [-0.15, -0.1) is 0 Å². The molecule has 1 amide bonds. The van der Waals surface area contributed by atoms with E-state index in [0.717, 1.165) is 28.6 Å². The number of nitrogens with zero attached hydrogens (tertiary/aromatic N) is 2. The van der Waals surface area contributed by atoms with Crippen LogP contribution in [0, 0.1) is 17.2 Å². The molecule has 1 aromatic rings. The standard InChI is InChI=1S/C14H11F3N2O3S2/c15-14(16,17)24(22)10-5-3-9(4-6-10)19(23)13(21)11(7-18)12(20)8-1-2-8/h3-6,8,20,23H,1-2H2. The van der Waals surface area contributed by atoms with Gasteiger partial charge in [-0.3, -0.25) is 9.10 Å². The Balaban J connectivity index is 2.22. The number of hydrogen-bond acceptors (Lipinski definition) is 5. The van der Waals surface area contributed by atoms with E-state index in [1.807, 2.05) is 0 Å². The molecule has 0 radical (unpaired) electrons. The third-order valence-electron chi connectivity index (χ3n) is 3.24. The lowest BCUT2D eigenvalue weighted by atomic mass is 10.1. The number of thiol groups is 1. The molecule has 0 bridgehead atoms. The predicted octanol–water partition coefficient (Wildman–Crippen LogP) is 3.24. The minimum Gasteiger partial charge on any atom is -0.510 e. The van der Waals surface area contributed by atoms with Crippen molar-refractivity contribution >= 4 is 35.2 Å². The van der Waals surface area contributed by atoms with Crippen LogP contribution in [0.5, 0.6) is 0 Å². The second-order valence-electron chi connectivity index (χ2n) is 4.97. The molecule has 5 nitrogen and oxygen atoms in total. The first-order valence-corrected chi connectivity index (χ1v) is 8.17. The lowest BCUT2D eigenvalue weighted by molar-refractivity contribution is -0.113. The fourth-order valence-corrected chi connectivity index (χ4v) is 2.73. The summed E-state index contributed by atoms with van der Waals surface area (Å²) >= 11 is 3.92. The Kier molecular flexibility index (Phi) is 5.25. The number of aliphatic hydroxyl groups is 1. The van der Waals surface area contributed by atoms with Crippen LogP contribution in [-0.4, -0.2) is 20.7 Å². The van der Waals surface area contributed by atoms with E-state index in [9.17, 15) is 27.3 Å². The minimum atomic E-state index is -4.88. The number of amides is 1. The fourth-order valence-electron chi connectivity index (χ4n) is 1.84. The second kappa shape index (κ2) is 6.86. The maximum atomic E-state index is 12.4. The van der Waals surface area contributed by atoms with Crippen LogP contribution >= 0.6 is 12.8 Å². The van der Waals surface area contributed by atoms with E-state index >= 15 is 0 Å². The Labute approximate surface area is 143 Å². The van der Waals surface area contributed by atoms with Gasteiger partial charge in [0.1, 0.15) is 11.8 Å². The molecular weight excluding hydrogens is 365 g/mol. The molecule has 0 aliphatic heterocycles. The van der Waals surface area contributed by atoms with Gasteiger partial charge < -0.3 is 5.11 Å². The number of carbonyl (C=O) groups excluding carboxylic acids is 1. The van der Waals surface area contributed by atoms with E-state index in [4.69, 9.17) is 5.26 Å². The molecule has 0 spiro atoms. The first-order chi connectivity index (χ1) is 11.2. The number of hydrogen-bond donors (Lipinski definition) is 2. The van der Waals surface area contributed by atoms with E-state index < -0.39 is 32.7 Å². The first kappa shape index (κ1) is 18.4. The zero-order chi connectivity index (χ0) is 18.1. The van der Waals surface area contributed by atoms with Gasteiger partial charge in [0.15, 0.2) is 16.4 Å². The number of carbonyl (C=O) groups is 1. The Hall–Kier alpha value is -1.99. The van der Waals surface area contributed by atoms with E-state index in [-0.39, 0.29) is 17.4 Å². The predicted molar refractivity (Wildman–Crippen MR) is 83.4 cm³/mol. The summed E-state index contributed by atoms with van der Waals surface area (Å²) in [5, 5.41) is 18.9. The molecule has 0 heterocycles. The Morgan fingerprint density at radius 3 is 2.29 bits per heavy atom. The molecule has 1 fully saturated rings. The molecule has 10 heteroatoms. The van der Waals surface area contributed by atoms with Crippen LogP contribution in [0.2, 0.25) is 0 Å². The molecule has 0 saturated heterocycles. The zero-order valence-corrected chi connectivity index (χ0v) is 13.7. The van der Waals surface area contributed by atoms with Gasteiger partial charge in [0, 0.05) is 10.8 Å². The highest BCUT2D eigenvalue weighted by molar-refractivity contribution is 7.86. The summed E-state index contributed by atoms with van der Waals surface area (Å²) in [6, 6.07) is 5.75. The first-order valence-electron chi connectivity index (χ1n) is 6.62. The number of halogens is 3. The van der Waals surface area contributed by atoms with E-state index in [1.54, 1.807) is 6.07 Å². The van der Waals surface area contributed by atoms with Crippen molar-refractivity contribution in [2.45, 2.75) is 23.2 Å². The average Bonchev–Trinajstić information content (AvgIpc) is 3.38. The van der Waals surface area contributed by atoms with Crippen molar-refractivity contribution in [3.8, 4) is 6.07 Å². The summed E-state index contributed by atoms with van der Waals surface area (Å²) < 4.78 is 49.1. The van der Waals surface area contributed by atoms with Gasteiger partial charge in [0.25, 0.3) is 5.91 Å². The minimum absolute atomic E-state index is 0.0719. The van der Waals surface area contributed by atoms with Crippen molar-refractivity contribution < 1.29 is 27.3 Å². The number of aliphatic hydroxyl groups excluding tert-OH is 1. The third kappa shape index (κ3) is 3.91. The van der Waals surface area contributed by atoms with Crippen molar-refractivity contribution in [2.75, 3.05) is 4.31 Å². The van der Waals surface area contributed by atoms with Crippen molar-refractivity contribution in [2.24, 2.45) is 5.92 Å². The Morgan fingerprint density at radius 1 is 1.33 bits per heavy atom. The highest BCUT2D eigenvalue weighted by atomic mass is 32.2. The second-order valence-corrected chi connectivity index (χ2v) is 6.84. The van der Waals surface area contributed by atoms with E-state index in [0.29, 0.717) is 12.8 Å². The largest absolute Gasteiger partial charge is 0.510 e. The van der Waals surface area contributed by atoms with Crippen LogP contribution < -0.4 is 4.31 Å². The van der Waals surface area contributed by atoms with Crippen LogP contribution in [0.4, 0.5) is 18.9 Å². The number of rotatable bonds is 4. The molecule has 1 unspecified atom stereocenters. The summed E-state index contributed by atoms with van der Waals surface area (Å²) in [6.45, 7) is 0. The lowest BCUT2D eigenvalue weighted by Gasteiger charge is -2.16. The van der Waals surface area contributed by atoms with Crippen LogP contribution in [0.1, 0.15) is 12.8 Å². The van der Waals surface area contributed by atoms with Gasteiger partial charge in [-0.2, -0.15) is 18.4 Å². The smallest absolute Gasteiger partial charge is 0.475 e. The quantitative estimate of drug-likeness (QED) is 0.366. The molecule has 128 valence electrons. The Bertz CT molecular complexity index is 750. The van der Waals surface area contributed by atoms with E-state index in [1.165, 1.54) is 0 Å².